The summed E-state index contributed by atoms with van der Waals surface area (Å²) >= 11 is 0. The summed E-state index contributed by atoms with van der Waals surface area (Å²) in [4.78, 5) is 0. The third-order valence-electron chi connectivity index (χ3n) is 3.61. The van der Waals surface area contributed by atoms with Crippen molar-refractivity contribution in [2.75, 3.05) is 14.2 Å². The highest BCUT2D eigenvalue weighted by molar-refractivity contribution is 5.44. The molecule has 0 unspecified atom stereocenters. The zero-order chi connectivity index (χ0) is 15.8. The van der Waals surface area contributed by atoms with Gasteiger partial charge in [0.05, 0.1) is 14.2 Å². The van der Waals surface area contributed by atoms with Gasteiger partial charge in [0.15, 0.2) is 11.5 Å². The Balaban J connectivity index is 2.14. The number of nitrogens with one attached hydrogen (secondary N) is 1. The van der Waals surface area contributed by atoms with Crippen LogP contribution in [0.15, 0.2) is 61.2 Å². The molecule has 0 aromatic heterocycles. The van der Waals surface area contributed by atoms with E-state index in [0.717, 1.165) is 30.0 Å². The van der Waals surface area contributed by atoms with Crippen molar-refractivity contribution in [2.24, 2.45) is 0 Å². The van der Waals surface area contributed by atoms with Crippen molar-refractivity contribution in [1.82, 2.24) is 5.32 Å². The number of ether oxygens (including phenoxy) is 2. The normalized spacial score (nSPS) is 11.7. The zero-order valence-corrected chi connectivity index (χ0v) is 13.2. The topological polar surface area (TPSA) is 30.5 Å². The molecule has 3 heteroatoms. The second-order valence-corrected chi connectivity index (χ2v) is 5.06. The molecule has 0 saturated heterocycles. The molecule has 2 rings (SSSR count). The summed E-state index contributed by atoms with van der Waals surface area (Å²) < 4.78 is 10.7. The van der Waals surface area contributed by atoms with Crippen LogP contribution in [0.4, 0.5) is 0 Å². The summed E-state index contributed by atoms with van der Waals surface area (Å²) in [6.07, 6.45) is 2.78. The van der Waals surface area contributed by atoms with Crippen LogP contribution in [0.5, 0.6) is 11.5 Å². The first-order valence-electron chi connectivity index (χ1n) is 7.38. The number of rotatable bonds is 8. The predicted molar refractivity (Wildman–Crippen MR) is 90.4 cm³/mol. The number of hydrogen-bond donors (Lipinski definition) is 1. The molecule has 0 aliphatic rings. The van der Waals surface area contributed by atoms with Gasteiger partial charge in [-0.3, -0.25) is 0 Å². The van der Waals surface area contributed by atoms with Gasteiger partial charge in [-0.15, -0.1) is 6.58 Å². The summed E-state index contributed by atoms with van der Waals surface area (Å²) in [5.41, 5.74) is 2.42. The van der Waals surface area contributed by atoms with Gasteiger partial charge in [-0.1, -0.05) is 42.5 Å². The minimum Gasteiger partial charge on any atom is -0.493 e. The van der Waals surface area contributed by atoms with Crippen LogP contribution in [-0.4, -0.2) is 14.2 Å². The standard InChI is InChI=1S/C19H23NO2/c1-4-8-17(20-14-15-9-6-5-7-10-15)16-11-12-18(21-2)19(13-16)22-3/h4-7,9-13,17,20H,1,8,14H2,2-3H3/t17-/m0/s1. The molecule has 0 bridgehead atoms. The largest absolute Gasteiger partial charge is 0.493 e. The van der Waals surface area contributed by atoms with Gasteiger partial charge in [-0.25, -0.2) is 0 Å². The van der Waals surface area contributed by atoms with Gasteiger partial charge < -0.3 is 14.8 Å². The first kappa shape index (κ1) is 16.1. The van der Waals surface area contributed by atoms with E-state index in [1.165, 1.54) is 5.56 Å². The highest BCUT2D eigenvalue weighted by atomic mass is 16.5. The lowest BCUT2D eigenvalue weighted by atomic mass is 10.0. The van der Waals surface area contributed by atoms with Gasteiger partial charge in [0.25, 0.3) is 0 Å². The summed E-state index contributed by atoms with van der Waals surface area (Å²) in [6, 6.07) is 16.6. The smallest absolute Gasteiger partial charge is 0.161 e. The maximum atomic E-state index is 5.39. The average molecular weight is 297 g/mol. The molecule has 0 saturated carbocycles. The van der Waals surface area contributed by atoms with E-state index in [2.05, 4.69) is 42.2 Å². The fourth-order valence-corrected chi connectivity index (χ4v) is 2.41. The molecule has 2 aromatic carbocycles. The molecule has 0 heterocycles. The Morgan fingerprint density at radius 3 is 2.41 bits per heavy atom. The molecule has 1 atom stereocenters. The molecule has 0 aliphatic heterocycles. The van der Waals surface area contributed by atoms with Gasteiger partial charge >= 0.3 is 0 Å². The molecule has 0 spiro atoms. The lowest BCUT2D eigenvalue weighted by Crippen LogP contribution is -2.20. The molecule has 2 aromatic rings. The lowest BCUT2D eigenvalue weighted by molar-refractivity contribution is 0.353. The van der Waals surface area contributed by atoms with Crippen molar-refractivity contribution in [3.63, 3.8) is 0 Å². The maximum Gasteiger partial charge on any atom is 0.161 e. The van der Waals surface area contributed by atoms with E-state index in [1.807, 2.05) is 24.3 Å². The molecule has 116 valence electrons. The highest BCUT2D eigenvalue weighted by Gasteiger charge is 2.13. The lowest BCUT2D eigenvalue weighted by Gasteiger charge is -2.19. The predicted octanol–water partition coefficient (Wildman–Crippen LogP) is 4.11. The minimum atomic E-state index is 0.192. The van der Waals surface area contributed by atoms with Gasteiger partial charge in [0.1, 0.15) is 0 Å². The number of methoxy groups -OCH3 is 2. The van der Waals surface area contributed by atoms with Crippen LogP contribution in [0, 0.1) is 0 Å². The first-order chi connectivity index (χ1) is 10.8. The van der Waals surface area contributed by atoms with E-state index < -0.39 is 0 Å². The van der Waals surface area contributed by atoms with E-state index in [4.69, 9.17) is 9.47 Å². The summed E-state index contributed by atoms with van der Waals surface area (Å²) in [5, 5.41) is 3.57. The van der Waals surface area contributed by atoms with Gasteiger partial charge in [-0.05, 0) is 29.7 Å². The van der Waals surface area contributed by atoms with E-state index in [1.54, 1.807) is 14.2 Å². The highest BCUT2D eigenvalue weighted by Crippen LogP contribution is 2.31. The van der Waals surface area contributed by atoms with Crippen molar-refractivity contribution in [2.45, 2.75) is 19.0 Å². The summed E-state index contributed by atoms with van der Waals surface area (Å²) in [6.45, 7) is 4.67. The van der Waals surface area contributed by atoms with E-state index in [9.17, 15) is 0 Å². The van der Waals surface area contributed by atoms with Crippen LogP contribution in [0.25, 0.3) is 0 Å². The van der Waals surface area contributed by atoms with Crippen molar-refractivity contribution in [3.8, 4) is 11.5 Å². The van der Waals surface area contributed by atoms with Crippen molar-refractivity contribution in [3.05, 3.63) is 72.3 Å². The fourth-order valence-electron chi connectivity index (χ4n) is 2.41. The SMILES string of the molecule is C=CC[C@H](NCc1ccccc1)c1ccc(OC)c(OC)c1. The molecule has 3 nitrogen and oxygen atoms in total. The van der Waals surface area contributed by atoms with Gasteiger partial charge in [0.2, 0.25) is 0 Å². The van der Waals surface area contributed by atoms with Crippen LogP contribution in [-0.2, 0) is 6.54 Å². The molecular weight excluding hydrogens is 274 g/mol. The third kappa shape index (κ3) is 4.12. The molecule has 22 heavy (non-hydrogen) atoms. The minimum absolute atomic E-state index is 0.192. The number of benzene rings is 2. The summed E-state index contributed by atoms with van der Waals surface area (Å²) in [5.74, 6) is 1.49. The molecule has 0 radical (unpaired) electrons. The van der Waals surface area contributed by atoms with Crippen LogP contribution in [0.3, 0.4) is 0 Å². The van der Waals surface area contributed by atoms with E-state index >= 15 is 0 Å². The second-order valence-electron chi connectivity index (χ2n) is 5.06. The second kappa shape index (κ2) is 8.25. The van der Waals surface area contributed by atoms with E-state index in [-0.39, 0.29) is 6.04 Å². The Bertz CT molecular complexity index is 596. The zero-order valence-electron chi connectivity index (χ0n) is 13.2. The summed E-state index contributed by atoms with van der Waals surface area (Å²) in [7, 11) is 3.30. The Hall–Kier alpha value is -2.26. The van der Waals surface area contributed by atoms with Gasteiger partial charge in [0, 0.05) is 12.6 Å². The monoisotopic (exact) mass is 297 g/mol. The number of hydrogen-bond acceptors (Lipinski definition) is 3. The van der Waals surface area contributed by atoms with Crippen LogP contribution in [0.2, 0.25) is 0 Å². The van der Waals surface area contributed by atoms with Crippen LogP contribution >= 0.6 is 0 Å². The Labute approximate surface area is 132 Å². The van der Waals surface area contributed by atoms with Crippen LogP contribution in [0.1, 0.15) is 23.6 Å². The molecule has 1 N–H and O–H groups in total. The average Bonchev–Trinajstić information content (AvgIpc) is 2.59. The molecule has 0 aliphatic carbocycles. The first-order valence-corrected chi connectivity index (χ1v) is 7.38. The van der Waals surface area contributed by atoms with Crippen molar-refractivity contribution < 1.29 is 9.47 Å². The Morgan fingerprint density at radius 2 is 1.77 bits per heavy atom. The van der Waals surface area contributed by atoms with Gasteiger partial charge in [-0.2, -0.15) is 0 Å². The molecule has 0 amide bonds. The maximum absolute atomic E-state index is 5.39. The molecular formula is C19H23NO2. The third-order valence-corrected chi connectivity index (χ3v) is 3.61. The van der Waals surface area contributed by atoms with Crippen molar-refractivity contribution in [1.29, 1.82) is 0 Å². The Morgan fingerprint density at radius 1 is 1.05 bits per heavy atom. The molecule has 0 fully saturated rings. The Kier molecular flexibility index (Phi) is 6.04. The quantitative estimate of drug-likeness (QED) is 0.744. The fraction of sp³-hybridized carbons (Fsp3) is 0.263. The van der Waals surface area contributed by atoms with Crippen LogP contribution < -0.4 is 14.8 Å². The van der Waals surface area contributed by atoms with E-state index in [0.29, 0.717) is 0 Å². The van der Waals surface area contributed by atoms with Crippen molar-refractivity contribution >= 4 is 0 Å².